The van der Waals surface area contributed by atoms with E-state index in [1.54, 1.807) is 28.4 Å². The number of nitrogens with zero attached hydrogens (tertiary/aromatic N) is 1. The van der Waals surface area contributed by atoms with Gasteiger partial charge in [0.25, 0.3) is 0 Å². The average molecular weight is 402 g/mol. The molecule has 0 aromatic heterocycles. The van der Waals surface area contributed by atoms with Crippen molar-refractivity contribution in [1.29, 1.82) is 0 Å². The zero-order chi connectivity index (χ0) is 21.1. The molecule has 0 atom stereocenters. The van der Waals surface area contributed by atoms with E-state index in [9.17, 15) is 0 Å². The standard InChI is InChI=1S/C22H31N3O4/c1-6-23-22(24-12-11-16-9-7-8-10-19(16)27-3)25-15-18-20(28-4)13-17(26-2)14-21(18)29-5/h7-10,13-14H,6,11-12,15H2,1-5H3,(H2,23,24,25). The molecule has 0 aliphatic carbocycles. The van der Waals surface area contributed by atoms with E-state index in [1.165, 1.54) is 0 Å². The molecule has 0 spiro atoms. The predicted molar refractivity (Wildman–Crippen MR) is 116 cm³/mol. The van der Waals surface area contributed by atoms with Crippen LogP contribution in [0.1, 0.15) is 18.1 Å². The number of para-hydroxylation sites is 1. The maximum atomic E-state index is 5.50. The lowest BCUT2D eigenvalue weighted by Gasteiger charge is -2.15. The van der Waals surface area contributed by atoms with Crippen LogP contribution in [-0.2, 0) is 13.0 Å². The Labute approximate surface area is 173 Å². The molecule has 0 radical (unpaired) electrons. The fourth-order valence-electron chi connectivity index (χ4n) is 2.96. The summed E-state index contributed by atoms with van der Waals surface area (Å²) in [7, 11) is 6.55. The predicted octanol–water partition coefficient (Wildman–Crippen LogP) is 3.02. The van der Waals surface area contributed by atoms with E-state index in [-0.39, 0.29) is 0 Å². The van der Waals surface area contributed by atoms with Gasteiger partial charge in [-0.1, -0.05) is 18.2 Å². The third-order valence-corrected chi connectivity index (χ3v) is 4.44. The molecular weight excluding hydrogens is 370 g/mol. The molecule has 2 aromatic carbocycles. The molecule has 0 aliphatic heterocycles. The van der Waals surface area contributed by atoms with E-state index in [0.29, 0.717) is 23.8 Å². The van der Waals surface area contributed by atoms with Crippen molar-refractivity contribution in [3.8, 4) is 23.0 Å². The van der Waals surface area contributed by atoms with Gasteiger partial charge in [-0.3, -0.25) is 0 Å². The number of nitrogens with one attached hydrogen (secondary N) is 2. The van der Waals surface area contributed by atoms with Crippen LogP contribution in [-0.4, -0.2) is 47.5 Å². The first-order valence-corrected chi connectivity index (χ1v) is 9.59. The number of aliphatic imine (C=N–C) groups is 1. The molecule has 0 saturated heterocycles. The summed E-state index contributed by atoms with van der Waals surface area (Å²) in [6.07, 6.45) is 0.823. The quantitative estimate of drug-likeness (QED) is 0.471. The number of methoxy groups -OCH3 is 4. The molecule has 0 heterocycles. The average Bonchev–Trinajstić information content (AvgIpc) is 2.77. The van der Waals surface area contributed by atoms with E-state index >= 15 is 0 Å². The molecule has 7 nitrogen and oxygen atoms in total. The monoisotopic (exact) mass is 401 g/mol. The van der Waals surface area contributed by atoms with Crippen molar-refractivity contribution < 1.29 is 18.9 Å². The van der Waals surface area contributed by atoms with Crippen LogP contribution in [0.3, 0.4) is 0 Å². The molecule has 0 saturated carbocycles. The molecule has 0 aliphatic rings. The highest BCUT2D eigenvalue weighted by Gasteiger charge is 2.13. The van der Waals surface area contributed by atoms with Crippen LogP contribution in [0.15, 0.2) is 41.4 Å². The largest absolute Gasteiger partial charge is 0.496 e. The number of ether oxygens (including phenoxy) is 4. The Balaban J connectivity index is 2.11. The summed E-state index contributed by atoms with van der Waals surface area (Å²) in [5.74, 6) is 3.64. The van der Waals surface area contributed by atoms with Gasteiger partial charge in [-0.05, 0) is 25.0 Å². The minimum atomic E-state index is 0.403. The van der Waals surface area contributed by atoms with E-state index in [0.717, 1.165) is 42.3 Å². The van der Waals surface area contributed by atoms with Gasteiger partial charge in [0.05, 0.1) is 40.5 Å². The van der Waals surface area contributed by atoms with Crippen LogP contribution in [0.4, 0.5) is 0 Å². The van der Waals surface area contributed by atoms with E-state index in [1.807, 2.05) is 37.3 Å². The summed E-state index contributed by atoms with van der Waals surface area (Å²) < 4.78 is 21.7. The lowest BCUT2D eigenvalue weighted by atomic mass is 10.1. The van der Waals surface area contributed by atoms with Gasteiger partial charge in [0.1, 0.15) is 23.0 Å². The zero-order valence-electron chi connectivity index (χ0n) is 17.9. The number of rotatable bonds is 10. The van der Waals surface area contributed by atoms with Gasteiger partial charge in [0.15, 0.2) is 5.96 Å². The molecule has 0 amide bonds. The molecule has 2 rings (SSSR count). The zero-order valence-corrected chi connectivity index (χ0v) is 17.9. The van der Waals surface area contributed by atoms with Crippen molar-refractivity contribution in [1.82, 2.24) is 10.6 Å². The molecule has 0 unspecified atom stereocenters. The Kier molecular flexibility index (Phi) is 8.95. The maximum Gasteiger partial charge on any atom is 0.191 e. The second kappa shape index (κ2) is 11.7. The second-order valence-electron chi connectivity index (χ2n) is 6.19. The molecule has 158 valence electrons. The highest BCUT2D eigenvalue weighted by Crippen LogP contribution is 2.34. The van der Waals surface area contributed by atoms with Gasteiger partial charge in [0.2, 0.25) is 0 Å². The van der Waals surface area contributed by atoms with Crippen molar-refractivity contribution in [2.45, 2.75) is 19.9 Å². The van der Waals surface area contributed by atoms with Crippen molar-refractivity contribution >= 4 is 5.96 Å². The van der Waals surface area contributed by atoms with Gasteiger partial charge < -0.3 is 29.6 Å². The Morgan fingerprint density at radius 3 is 2.10 bits per heavy atom. The van der Waals surface area contributed by atoms with Crippen molar-refractivity contribution in [2.24, 2.45) is 4.99 Å². The Hall–Kier alpha value is -3.09. The Morgan fingerprint density at radius 1 is 0.862 bits per heavy atom. The number of benzene rings is 2. The Morgan fingerprint density at radius 2 is 1.52 bits per heavy atom. The molecule has 29 heavy (non-hydrogen) atoms. The number of hydrogen-bond donors (Lipinski definition) is 2. The summed E-state index contributed by atoms with van der Waals surface area (Å²) >= 11 is 0. The van der Waals surface area contributed by atoms with Crippen molar-refractivity contribution in [3.63, 3.8) is 0 Å². The minimum Gasteiger partial charge on any atom is -0.496 e. The summed E-state index contributed by atoms with van der Waals surface area (Å²) in [6, 6.07) is 11.7. The molecule has 0 bridgehead atoms. The van der Waals surface area contributed by atoms with Gasteiger partial charge in [-0.25, -0.2) is 4.99 Å². The van der Waals surface area contributed by atoms with Crippen LogP contribution in [0.25, 0.3) is 0 Å². The SMILES string of the molecule is CCNC(=NCc1c(OC)cc(OC)cc1OC)NCCc1ccccc1OC. The molecule has 2 aromatic rings. The van der Waals surface area contributed by atoms with Gasteiger partial charge in [-0.2, -0.15) is 0 Å². The summed E-state index contributed by atoms with van der Waals surface area (Å²) in [5.41, 5.74) is 2.01. The normalized spacial score (nSPS) is 11.0. The highest BCUT2D eigenvalue weighted by atomic mass is 16.5. The van der Waals surface area contributed by atoms with Gasteiger partial charge in [-0.15, -0.1) is 0 Å². The first-order valence-electron chi connectivity index (χ1n) is 9.59. The highest BCUT2D eigenvalue weighted by molar-refractivity contribution is 5.79. The fourth-order valence-corrected chi connectivity index (χ4v) is 2.96. The van der Waals surface area contributed by atoms with Crippen LogP contribution in [0, 0.1) is 0 Å². The summed E-state index contributed by atoms with van der Waals surface area (Å²) in [4.78, 5) is 4.69. The number of hydrogen-bond acceptors (Lipinski definition) is 5. The van der Waals surface area contributed by atoms with Crippen LogP contribution >= 0.6 is 0 Å². The fraction of sp³-hybridized carbons (Fsp3) is 0.409. The van der Waals surface area contributed by atoms with Crippen LogP contribution in [0.5, 0.6) is 23.0 Å². The lowest BCUT2D eigenvalue weighted by molar-refractivity contribution is 0.369. The van der Waals surface area contributed by atoms with Crippen LogP contribution < -0.4 is 29.6 Å². The lowest BCUT2D eigenvalue weighted by Crippen LogP contribution is -2.38. The second-order valence-corrected chi connectivity index (χ2v) is 6.19. The smallest absolute Gasteiger partial charge is 0.191 e. The van der Waals surface area contributed by atoms with Crippen molar-refractivity contribution in [3.05, 3.63) is 47.5 Å². The van der Waals surface area contributed by atoms with E-state index in [2.05, 4.69) is 16.7 Å². The van der Waals surface area contributed by atoms with E-state index in [4.69, 9.17) is 23.9 Å². The molecule has 2 N–H and O–H groups in total. The maximum absolute atomic E-state index is 5.50. The molecular formula is C22H31N3O4. The topological polar surface area (TPSA) is 73.3 Å². The third kappa shape index (κ3) is 6.20. The van der Waals surface area contributed by atoms with Gasteiger partial charge in [0, 0.05) is 25.2 Å². The summed E-state index contributed by atoms with van der Waals surface area (Å²) in [5, 5.41) is 6.63. The molecule has 0 fully saturated rings. The summed E-state index contributed by atoms with van der Waals surface area (Å²) in [6.45, 7) is 3.92. The first-order chi connectivity index (χ1) is 14.2. The van der Waals surface area contributed by atoms with E-state index < -0.39 is 0 Å². The Bertz CT molecular complexity index is 783. The van der Waals surface area contributed by atoms with Crippen LogP contribution in [0.2, 0.25) is 0 Å². The van der Waals surface area contributed by atoms with Crippen molar-refractivity contribution in [2.75, 3.05) is 41.5 Å². The number of guanidine groups is 1. The molecule has 7 heteroatoms. The minimum absolute atomic E-state index is 0.403. The first kappa shape index (κ1) is 22.2. The van der Waals surface area contributed by atoms with Gasteiger partial charge >= 0.3 is 0 Å². The third-order valence-electron chi connectivity index (χ3n) is 4.44.